The van der Waals surface area contributed by atoms with Gasteiger partial charge in [0, 0.05) is 25.4 Å². The molecule has 0 radical (unpaired) electrons. The molecule has 110 valence electrons. The summed E-state index contributed by atoms with van der Waals surface area (Å²) in [4.78, 5) is 10.6. The van der Waals surface area contributed by atoms with E-state index >= 15 is 0 Å². The molecular formula is C15H18N4O2. The van der Waals surface area contributed by atoms with E-state index in [4.69, 9.17) is 15.2 Å². The first kappa shape index (κ1) is 13.5. The number of aromatic nitrogens is 2. The van der Waals surface area contributed by atoms with Gasteiger partial charge in [-0.05, 0) is 24.6 Å². The van der Waals surface area contributed by atoms with Gasteiger partial charge in [-0.3, -0.25) is 0 Å². The third-order valence-electron chi connectivity index (χ3n) is 3.23. The van der Waals surface area contributed by atoms with Crippen LogP contribution in [0.25, 0.3) is 0 Å². The Hall–Kier alpha value is -2.50. The van der Waals surface area contributed by atoms with Crippen LogP contribution >= 0.6 is 0 Å². The smallest absolute Gasteiger partial charge is 0.227 e. The van der Waals surface area contributed by atoms with Crippen molar-refractivity contribution in [2.45, 2.75) is 13.5 Å². The van der Waals surface area contributed by atoms with Gasteiger partial charge in [-0.15, -0.1) is 0 Å². The molecule has 0 spiro atoms. The lowest BCUT2D eigenvalue weighted by atomic mass is 10.2. The van der Waals surface area contributed by atoms with E-state index in [9.17, 15) is 0 Å². The van der Waals surface area contributed by atoms with E-state index in [0.717, 1.165) is 22.8 Å². The van der Waals surface area contributed by atoms with E-state index in [2.05, 4.69) is 9.97 Å². The minimum Gasteiger partial charge on any atom is -0.486 e. The van der Waals surface area contributed by atoms with Crippen molar-refractivity contribution in [2.24, 2.45) is 0 Å². The summed E-state index contributed by atoms with van der Waals surface area (Å²) in [6, 6.07) is 7.69. The Kier molecular flexibility index (Phi) is 3.51. The number of ether oxygens (including phenoxy) is 2. The van der Waals surface area contributed by atoms with Crippen LogP contribution < -0.4 is 20.1 Å². The maximum absolute atomic E-state index is 5.77. The van der Waals surface area contributed by atoms with Gasteiger partial charge in [0.1, 0.15) is 19.0 Å². The van der Waals surface area contributed by atoms with Crippen LogP contribution in [0.3, 0.4) is 0 Å². The lowest BCUT2D eigenvalue weighted by molar-refractivity contribution is 0.171. The molecular weight excluding hydrogens is 268 g/mol. The lowest BCUT2D eigenvalue weighted by Crippen LogP contribution is -2.20. The van der Waals surface area contributed by atoms with E-state index in [1.165, 1.54) is 0 Å². The van der Waals surface area contributed by atoms with Crippen molar-refractivity contribution in [3.63, 3.8) is 0 Å². The molecule has 1 aliphatic heterocycles. The minimum atomic E-state index is 0.478. The molecule has 2 heterocycles. The molecule has 21 heavy (non-hydrogen) atoms. The number of fused-ring (bicyclic) bond motifs is 1. The summed E-state index contributed by atoms with van der Waals surface area (Å²) >= 11 is 0. The van der Waals surface area contributed by atoms with Crippen molar-refractivity contribution in [3.8, 4) is 11.5 Å². The number of nitrogens with zero attached hydrogens (tertiary/aromatic N) is 3. The predicted molar refractivity (Wildman–Crippen MR) is 80.7 cm³/mol. The van der Waals surface area contributed by atoms with Gasteiger partial charge in [-0.2, -0.15) is 4.98 Å². The van der Waals surface area contributed by atoms with Gasteiger partial charge in [0.05, 0.1) is 0 Å². The molecule has 1 aromatic heterocycles. The Morgan fingerprint density at radius 3 is 2.67 bits per heavy atom. The third-order valence-corrected chi connectivity index (χ3v) is 3.23. The van der Waals surface area contributed by atoms with Crippen molar-refractivity contribution in [1.29, 1.82) is 0 Å². The average Bonchev–Trinajstić information content (AvgIpc) is 2.46. The largest absolute Gasteiger partial charge is 0.486 e. The zero-order valence-electron chi connectivity index (χ0n) is 12.2. The van der Waals surface area contributed by atoms with Crippen LogP contribution in [0.4, 0.5) is 11.8 Å². The van der Waals surface area contributed by atoms with Crippen molar-refractivity contribution in [3.05, 3.63) is 35.5 Å². The van der Waals surface area contributed by atoms with Gasteiger partial charge in [0.25, 0.3) is 0 Å². The Bertz CT molecular complexity index is 640. The van der Waals surface area contributed by atoms with E-state index in [0.29, 0.717) is 31.5 Å². The summed E-state index contributed by atoms with van der Waals surface area (Å²) in [5, 5.41) is 0. The van der Waals surface area contributed by atoms with Gasteiger partial charge in [-0.25, -0.2) is 4.98 Å². The zero-order chi connectivity index (χ0) is 14.8. The maximum Gasteiger partial charge on any atom is 0.227 e. The van der Waals surface area contributed by atoms with Crippen molar-refractivity contribution in [2.75, 3.05) is 30.9 Å². The molecule has 0 bridgehead atoms. The molecule has 0 amide bonds. The van der Waals surface area contributed by atoms with E-state index < -0.39 is 0 Å². The lowest BCUT2D eigenvalue weighted by Gasteiger charge is -2.21. The normalized spacial score (nSPS) is 13.0. The fourth-order valence-electron chi connectivity index (χ4n) is 2.28. The number of hydrogen-bond donors (Lipinski definition) is 1. The molecule has 0 saturated carbocycles. The van der Waals surface area contributed by atoms with Crippen LogP contribution in [0.15, 0.2) is 24.3 Å². The highest BCUT2D eigenvalue weighted by Crippen LogP contribution is 2.31. The van der Waals surface area contributed by atoms with E-state index in [1.54, 1.807) is 6.07 Å². The molecule has 1 aromatic carbocycles. The second kappa shape index (κ2) is 5.47. The predicted octanol–water partition coefficient (Wildman–Crippen LogP) is 1.77. The van der Waals surface area contributed by atoms with Crippen molar-refractivity contribution < 1.29 is 9.47 Å². The standard InChI is InChI=1S/C15H18N4O2/c1-10-7-14(16)18-15(17-10)19(2)9-11-3-4-12-13(8-11)21-6-5-20-12/h3-4,7-8H,5-6,9H2,1-2H3,(H2,16,17,18). The van der Waals surface area contributed by atoms with Crippen LogP contribution in [0.1, 0.15) is 11.3 Å². The highest BCUT2D eigenvalue weighted by Gasteiger charge is 2.13. The minimum absolute atomic E-state index is 0.478. The second-order valence-electron chi connectivity index (χ2n) is 5.07. The van der Waals surface area contributed by atoms with Gasteiger partial charge in [0.2, 0.25) is 5.95 Å². The fourth-order valence-corrected chi connectivity index (χ4v) is 2.28. The first-order valence-electron chi connectivity index (χ1n) is 6.82. The summed E-state index contributed by atoms with van der Waals surface area (Å²) in [5.74, 6) is 2.68. The van der Waals surface area contributed by atoms with Gasteiger partial charge >= 0.3 is 0 Å². The molecule has 6 heteroatoms. The van der Waals surface area contributed by atoms with Crippen LogP contribution in [-0.4, -0.2) is 30.2 Å². The number of aryl methyl sites for hydroxylation is 1. The first-order chi connectivity index (χ1) is 10.1. The SMILES string of the molecule is Cc1cc(N)nc(N(C)Cc2ccc3c(c2)OCCO3)n1. The number of benzene rings is 1. The summed E-state index contributed by atoms with van der Waals surface area (Å²) < 4.78 is 11.1. The molecule has 2 N–H and O–H groups in total. The third kappa shape index (κ3) is 2.99. The van der Waals surface area contributed by atoms with Gasteiger partial charge in [-0.1, -0.05) is 6.07 Å². The molecule has 0 fully saturated rings. The molecule has 6 nitrogen and oxygen atoms in total. The molecule has 0 unspecified atom stereocenters. The Balaban J connectivity index is 1.79. The maximum atomic E-state index is 5.77. The summed E-state index contributed by atoms with van der Waals surface area (Å²) in [5.41, 5.74) is 7.72. The topological polar surface area (TPSA) is 73.5 Å². The molecule has 2 aromatic rings. The van der Waals surface area contributed by atoms with E-state index in [-0.39, 0.29) is 0 Å². The Morgan fingerprint density at radius 1 is 1.14 bits per heavy atom. The molecule has 1 aliphatic rings. The second-order valence-corrected chi connectivity index (χ2v) is 5.07. The molecule has 0 aliphatic carbocycles. The van der Waals surface area contributed by atoms with Crippen LogP contribution in [0.2, 0.25) is 0 Å². The highest BCUT2D eigenvalue weighted by molar-refractivity contribution is 5.46. The van der Waals surface area contributed by atoms with Crippen molar-refractivity contribution >= 4 is 11.8 Å². The highest BCUT2D eigenvalue weighted by atomic mass is 16.6. The van der Waals surface area contributed by atoms with Gasteiger partial charge in [0.15, 0.2) is 11.5 Å². The molecule has 0 atom stereocenters. The summed E-state index contributed by atoms with van der Waals surface area (Å²) in [7, 11) is 1.94. The Labute approximate surface area is 123 Å². The van der Waals surface area contributed by atoms with Crippen LogP contribution in [0, 0.1) is 6.92 Å². The number of hydrogen-bond acceptors (Lipinski definition) is 6. The van der Waals surface area contributed by atoms with Crippen molar-refractivity contribution in [1.82, 2.24) is 9.97 Å². The van der Waals surface area contributed by atoms with E-state index in [1.807, 2.05) is 37.1 Å². The quantitative estimate of drug-likeness (QED) is 0.927. The number of nitrogens with two attached hydrogens (primary N) is 1. The number of nitrogen functional groups attached to an aromatic ring is 1. The average molecular weight is 286 g/mol. The summed E-state index contributed by atoms with van der Waals surface area (Å²) in [6.07, 6.45) is 0. The monoisotopic (exact) mass is 286 g/mol. The van der Waals surface area contributed by atoms with Gasteiger partial charge < -0.3 is 20.1 Å². The molecule has 0 saturated heterocycles. The number of anilines is 2. The molecule has 3 rings (SSSR count). The summed E-state index contributed by atoms with van der Waals surface area (Å²) in [6.45, 7) is 3.76. The van der Waals surface area contributed by atoms with Crippen LogP contribution in [0.5, 0.6) is 11.5 Å². The van der Waals surface area contributed by atoms with Crippen LogP contribution in [-0.2, 0) is 6.54 Å². The zero-order valence-corrected chi connectivity index (χ0v) is 12.2. The number of rotatable bonds is 3. The fraction of sp³-hybridized carbons (Fsp3) is 0.333. The Morgan fingerprint density at radius 2 is 1.90 bits per heavy atom. The first-order valence-corrected chi connectivity index (χ1v) is 6.82.